The normalized spacial score (nSPS) is 17.8. The largest absolute Gasteiger partial charge is 0.453 e. The first kappa shape index (κ1) is 39.8. The van der Waals surface area contributed by atoms with E-state index in [1.807, 2.05) is 58.0 Å². The van der Waals surface area contributed by atoms with Crippen LogP contribution >= 0.6 is 0 Å². The average Bonchev–Trinajstić information content (AvgIpc) is 4.07. The molecule has 2 saturated heterocycles. The Bertz CT molecular complexity index is 2290. The third-order valence-corrected chi connectivity index (χ3v) is 10.9. The van der Waals surface area contributed by atoms with E-state index < -0.39 is 24.3 Å². The van der Waals surface area contributed by atoms with Gasteiger partial charge in [-0.2, -0.15) is 0 Å². The number of nitrogens with zero attached hydrogens (tertiary/aromatic N) is 7. The number of benzene rings is 1. The molecule has 4 N–H and O–H groups in total. The van der Waals surface area contributed by atoms with Crippen molar-refractivity contribution in [1.29, 1.82) is 0 Å². The third kappa shape index (κ3) is 8.19. The summed E-state index contributed by atoms with van der Waals surface area (Å²) in [5, 5.41) is 6.21. The van der Waals surface area contributed by atoms with Crippen molar-refractivity contribution < 1.29 is 28.7 Å². The number of carbonyl (C=O) groups excluding carboxylic acids is 4. The number of imidazole rings is 2. The van der Waals surface area contributed by atoms with Crippen molar-refractivity contribution in [3.8, 4) is 34.0 Å². The van der Waals surface area contributed by atoms with Crippen LogP contribution in [0.4, 0.5) is 9.59 Å². The van der Waals surface area contributed by atoms with Crippen LogP contribution in [0.1, 0.15) is 77.1 Å². The molecule has 0 aliphatic carbocycles. The number of aromatic nitrogens is 7. The number of carbonyl (C=O) groups is 4. The summed E-state index contributed by atoms with van der Waals surface area (Å²) in [6, 6.07) is 7.78. The zero-order chi connectivity index (χ0) is 41.1. The van der Waals surface area contributed by atoms with Gasteiger partial charge in [0.1, 0.15) is 29.4 Å². The van der Waals surface area contributed by atoms with E-state index in [1.54, 1.807) is 34.6 Å². The molecule has 7 rings (SSSR count). The molecule has 0 bridgehead atoms. The average molecular weight is 792 g/mol. The lowest BCUT2D eigenvalue weighted by atomic mass is 10.0. The highest BCUT2D eigenvalue weighted by Crippen LogP contribution is 2.35. The predicted octanol–water partition coefficient (Wildman–Crippen LogP) is 5.56. The molecule has 0 radical (unpaired) electrons. The van der Waals surface area contributed by atoms with Gasteiger partial charge < -0.3 is 39.9 Å². The van der Waals surface area contributed by atoms with Crippen LogP contribution in [0.15, 0.2) is 55.1 Å². The van der Waals surface area contributed by atoms with Crippen molar-refractivity contribution >= 4 is 34.9 Å². The van der Waals surface area contributed by atoms with Gasteiger partial charge in [-0.05, 0) is 61.8 Å². The van der Waals surface area contributed by atoms with E-state index in [0.29, 0.717) is 36.3 Å². The fourth-order valence-corrected chi connectivity index (χ4v) is 7.70. The number of amides is 4. The van der Waals surface area contributed by atoms with E-state index in [-0.39, 0.29) is 35.7 Å². The van der Waals surface area contributed by atoms with Crippen LogP contribution in [0.25, 0.3) is 44.9 Å². The maximum Gasteiger partial charge on any atom is 0.407 e. The fourth-order valence-electron chi connectivity index (χ4n) is 7.70. The van der Waals surface area contributed by atoms with E-state index >= 15 is 0 Å². The molecule has 58 heavy (non-hydrogen) atoms. The SMILES string of the molecule is COC(=O)N[C@H](C(=O)N1CCC[C@H]1c1ncc(-c2ccc(-c3ncc4cc(-c5cnc([C@@H]6CCCN6C(=O)[C@@H](NC(=O)OC)C(C)C)[nH]5)ccc4n3)nc2)[nH]1)C(C)C. The van der Waals surface area contributed by atoms with Crippen molar-refractivity contribution in [2.24, 2.45) is 11.8 Å². The first-order valence-electron chi connectivity index (χ1n) is 19.6. The van der Waals surface area contributed by atoms with E-state index in [0.717, 1.165) is 59.1 Å². The third-order valence-electron chi connectivity index (χ3n) is 10.9. The molecule has 4 amide bonds. The molecular formula is C41H49N11O6. The molecule has 2 aliphatic rings. The van der Waals surface area contributed by atoms with Gasteiger partial charge in [-0.3, -0.25) is 14.6 Å². The van der Waals surface area contributed by atoms with Crippen LogP contribution in [0.3, 0.4) is 0 Å². The number of ether oxygens (including phenoxy) is 2. The van der Waals surface area contributed by atoms with Gasteiger partial charge in [0.05, 0.1) is 55.6 Å². The highest BCUT2D eigenvalue weighted by molar-refractivity contribution is 5.88. The van der Waals surface area contributed by atoms with Crippen molar-refractivity contribution in [3.63, 3.8) is 0 Å². The second-order valence-corrected chi connectivity index (χ2v) is 15.4. The minimum atomic E-state index is -0.709. The molecular weight excluding hydrogens is 743 g/mol. The van der Waals surface area contributed by atoms with Crippen LogP contribution < -0.4 is 10.6 Å². The standard InChI is InChI=1S/C41H49N11O6/c1-22(2)33(49-40(55)57-5)38(53)51-15-7-9-31(51)36-44-20-29(47-36)24-11-13-27-26(17-24)19-43-35(46-27)28-14-12-25(18-42-28)30-21-45-37(48-30)32-10-8-16-52(32)39(54)34(23(3)4)50-41(56)58-6/h11-14,17-23,31-34H,7-10,15-16H2,1-6H3,(H,44,47)(H,45,48)(H,49,55)(H,50,56)/t31-,32-,33-,34-/m0/s1. The van der Waals surface area contributed by atoms with Crippen LogP contribution in [0.2, 0.25) is 0 Å². The highest BCUT2D eigenvalue weighted by atomic mass is 16.5. The molecule has 4 atom stereocenters. The quantitative estimate of drug-likeness (QED) is 0.130. The van der Waals surface area contributed by atoms with Crippen LogP contribution in [-0.2, 0) is 19.1 Å². The number of fused-ring (bicyclic) bond motifs is 1. The van der Waals surface area contributed by atoms with Crippen LogP contribution in [0, 0.1) is 11.8 Å². The van der Waals surface area contributed by atoms with Gasteiger partial charge in [-0.15, -0.1) is 0 Å². The van der Waals surface area contributed by atoms with Gasteiger partial charge in [-0.25, -0.2) is 29.5 Å². The second kappa shape index (κ2) is 17.0. The first-order chi connectivity index (χ1) is 27.9. The summed E-state index contributed by atoms with van der Waals surface area (Å²) in [5.41, 5.74) is 4.64. The predicted molar refractivity (Wildman–Crippen MR) is 214 cm³/mol. The number of aromatic amines is 2. The minimum absolute atomic E-state index is 0.121. The highest BCUT2D eigenvalue weighted by Gasteiger charge is 2.39. The van der Waals surface area contributed by atoms with Gasteiger partial charge in [0.25, 0.3) is 0 Å². The number of H-pyrrole nitrogens is 2. The number of alkyl carbamates (subject to hydrolysis) is 2. The molecule has 0 spiro atoms. The van der Waals surface area contributed by atoms with Crippen LogP contribution in [-0.4, -0.2) is 108 Å². The Morgan fingerprint density at radius 1 is 0.690 bits per heavy atom. The molecule has 2 aliphatic heterocycles. The lowest BCUT2D eigenvalue weighted by molar-refractivity contribution is -0.136. The zero-order valence-corrected chi connectivity index (χ0v) is 33.5. The topological polar surface area (TPSA) is 213 Å². The monoisotopic (exact) mass is 791 g/mol. The Balaban J connectivity index is 1.02. The number of likely N-dealkylation sites (tertiary alicyclic amines) is 2. The maximum absolute atomic E-state index is 13.6. The number of rotatable bonds is 11. The van der Waals surface area contributed by atoms with Crippen molar-refractivity contribution in [2.45, 2.75) is 77.5 Å². The van der Waals surface area contributed by atoms with Gasteiger partial charge in [0.15, 0.2) is 5.82 Å². The summed E-state index contributed by atoms with van der Waals surface area (Å²) in [7, 11) is 2.56. The number of nitrogens with one attached hydrogen (secondary N) is 4. The molecule has 0 unspecified atom stereocenters. The Morgan fingerprint density at radius 3 is 1.72 bits per heavy atom. The lowest BCUT2D eigenvalue weighted by Gasteiger charge is -2.30. The summed E-state index contributed by atoms with van der Waals surface area (Å²) in [5.74, 6) is 1.28. The summed E-state index contributed by atoms with van der Waals surface area (Å²) >= 11 is 0. The molecule has 1 aromatic carbocycles. The van der Waals surface area contributed by atoms with E-state index in [1.165, 1.54) is 14.2 Å². The zero-order valence-electron chi connectivity index (χ0n) is 33.5. The molecule has 5 aromatic rings. The Labute approximate surface area is 335 Å². The van der Waals surface area contributed by atoms with E-state index in [2.05, 4.69) is 40.5 Å². The Hall–Kier alpha value is -6.39. The molecule has 0 saturated carbocycles. The molecule has 6 heterocycles. The van der Waals surface area contributed by atoms with Crippen molar-refractivity contribution in [3.05, 3.63) is 66.8 Å². The lowest BCUT2D eigenvalue weighted by Crippen LogP contribution is -2.51. The van der Waals surface area contributed by atoms with Gasteiger partial charge in [0, 0.05) is 42.0 Å². The Kier molecular flexibility index (Phi) is 11.7. The number of methoxy groups -OCH3 is 2. The van der Waals surface area contributed by atoms with Gasteiger partial charge in [0.2, 0.25) is 11.8 Å². The van der Waals surface area contributed by atoms with E-state index in [4.69, 9.17) is 14.5 Å². The summed E-state index contributed by atoms with van der Waals surface area (Å²) < 4.78 is 9.50. The van der Waals surface area contributed by atoms with Crippen molar-refractivity contribution in [2.75, 3.05) is 27.3 Å². The number of hydrogen-bond acceptors (Lipinski definition) is 11. The maximum atomic E-state index is 13.6. The van der Waals surface area contributed by atoms with Gasteiger partial charge >= 0.3 is 12.2 Å². The molecule has 2 fully saturated rings. The summed E-state index contributed by atoms with van der Waals surface area (Å²) in [4.78, 5) is 84.8. The van der Waals surface area contributed by atoms with Crippen LogP contribution in [0.5, 0.6) is 0 Å². The fraction of sp³-hybridized carbons (Fsp3) is 0.439. The molecule has 17 nitrogen and oxygen atoms in total. The number of hydrogen-bond donors (Lipinski definition) is 4. The van der Waals surface area contributed by atoms with Crippen molar-refractivity contribution in [1.82, 2.24) is 55.3 Å². The first-order valence-corrected chi connectivity index (χ1v) is 19.6. The molecule has 17 heteroatoms. The Morgan fingerprint density at radius 2 is 1.22 bits per heavy atom. The number of pyridine rings is 1. The van der Waals surface area contributed by atoms with E-state index in [9.17, 15) is 19.2 Å². The second-order valence-electron chi connectivity index (χ2n) is 15.4. The minimum Gasteiger partial charge on any atom is -0.453 e. The molecule has 4 aromatic heterocycles. The van der Waals surface area contributed by atoms with Gasteiger partial charge in [-0.1, -0.05) is 33.8 Å². The smallest absolute Gasteiger partial charge is 0.407 e. The summed E-state index contributed by atoms with van der Waals surface area (Å²) in [6.45, 7) is 8.70. The summed E-state index contributed by atoms with van der Waals surface area (Å²) in [6.07, 6.45) is 8.90. The molecule has 304 valence electrons.